The molecule has 92 valence electrons. The second-order valence-electron chi connectivity index (χ2n) is 3.86. The molecule has 0 spiro atoms. The van der Waals surface area contributed by atoms with Crippen molar-refractivity contribution in [3.05, 3.63) is 12.5 Å². The lowest BCUT2D eigenvalue weighted by molar-refractivity contribution is 0.103. The summed E-state index contributed by atoms with van der Waals surface area (Å²) >= 11 is 0. The van der Waals surface area contributed by atoms with Crippen LogP contribution in [-0.4, -0.2) is 31.2 Å². The Hall–Kier alpha value is -0.590. The van der Waals surface area contributed by atoms with Crippen LogP contribution in [0.15, 0.2) is 17.6 Å². The summed E-state index contributed by atoms with van der Waals surface area (Å²) in [6.07, 6.45) is 2.81. The zero-order chi connectivity index (χ0) is 12.2. The van der Waals surface area contributed by atoms with Crippen molar-refractivity contribution in [2.45, 2.75) is 25.4 Å². The minimum atomic E-state index is -3.73. The highest BCUT2D eigenvalue weighted by molar-refractivity contribution is 8.13. The second-order valence-corrected chi connectivity index (χ2v) is 6.37. The molecule has 0 saturated heterocycles. The van der Waals surface area contributed by atoms with Crippen molar-refractivity contribution in [2.24, 2.45) is 5.92 Å². The molecular weight excluding hydrogens is 252 g/mol. The maximum atomic E-state index is 10.9. The summed E-state index contributed by atoms with van der Waals surface area (Å²) in [6, 6.07) is 0. The van der Waals surface area contributed by atoms with Crippen molar-refractivity contribution in [1.82, 2.24) is 9.55 Å². The summed E-state index contributed by atoms with van der Waals surface area (Å²) in [4.78, 5) is 3.69. The van der Waals surface area contributed by atoms with Crippen LogP contribution in [0.3, 0.4) is 0 Å². The molecule has 1 heterocycles. The van der Waals surface area contributed by atoms with Crippen molar-refractivity contribution in [2.75, 3.05) is 13.2 Å². The molecular formula is C9H15ClN2O3S. The molecule has 7 heteroatoms. The second kappa shape index (κ2) is 5.65. The molecule has 0 atom stereocenters. The van der Waals surface area contributed by atoms with Gasteiger partial charge in [0.25, 0.3) is 9.05 Å². The summed E-state index contributed by atoms with van der Waals surface area (Å²) in [6.45, 7) is 5.91. The summed E-state index contributed by atoms with van der Waals surface area (Å²) in [5.74, 6) is 0.488. The first-order chi connectivity index (χ1) is 7.39. The van der Waals surface area contributed by atoms with Gasteiger partial charge in [0, 0.05) is 30.0 Å². The average Bonchev–Trinajstić information content (AvgIpc) is 2.59. The number of hydrogen-bond acceptors (Lipinski definition) is 4. The third-order valence-corrected chi connectivity index (χ3v) is 2.99. The van der Waals surface area contributed by atoms with E-state index >= 15 is 0 Å². The van der Waals surface area contributed by atoms with Crippen LogP contribution in [0.2, 0.25) is 0 Å². The molecule has 0 amide bonds. The Morgan fingerprint density at radius 1 is 1.56 bits per heavy atom. The van der Waals surface area contributed by atoms with Crippen molar-refractivity contribution < 1.29 is 13.2 Å². The number of imidazole rings is 1. The number of ether oxygens (including phenoxy) is 1. The maximum absolute atomic E-state index is 10.9. The molecule has 0 bridgehead atoms. The normalized spacial score (nSPS) is 12.2. The van der Waals surface area contributed by atoms with Gasteiger partial charge in [-0.3, -0.25) is 0 Å². The molecule has 0 fully saturated rings. The van der Waals surface area contributed by atoms with Gasteiger partial charge in [-0.1, -0.05) is 13.8 Å². The molecule has 1 aromatic rings. The van der Waals surface area contributed by atoms with Gasteiger partial charge in [0.05, 0.1) is 12.9 Å². The van der Waals surface area contributed by atoms with Crippen LogP contribution < -0.4 is 0 Å². The predicted molar refractivity (Wildman–Crippen MR) is 60.9 cm³/mol. The molecule has 0 unspecified atom stereocenters. The van der Waals surface area contributed by atoms with E-state index in [2.05, 4.69) is 18.8 Å². The topological polar surface area (TPSA) is 61.2 Å². The standard InChI is InChI=1S/C9H15ClN2O3S/c1-8(2)6-15-4-3-12-5-9(11-7-12)16(10,13)14/h5,7-8H,3-4,6H2,1-2H3. The number of nitrogens with zero attached hydrogens (tertiary/aromatic N) is 2. The first-order valence-corrected chi connectivity index (χ1v) is 7.24. The highest BCUT2D eigenvalue weighted by Gasteiger charge is 2.12. The molecule has 5 nitrogen and oxygen atoms in total. The van der Waals surface area contributed by atoms with Gasteiger partial charge in [-0.2, -0.15) is 0 Å². The lowest BCUT2D eigenvalue weighted by atomic mass is 10.2. The zero-order valence-corrected chi connectivity index (χ0v) is 10.8. The monoisotopic (exact) mass is 266 g/mol. The van der Waals surface area contributed by atoms with Crippen molar-refractivity contribution in [3.63, 3.8) is 0 Å². The fourth-order valence-corrected chi connectivity index (χ4v) is 1.75. The number of aromatic nitrogens is 2. The van der Waals surface area contributed by atoms with Gasteiger partial charge in [0.1, 0.15) is 0 Å². The molecule has 0 N–H and O–H groups in total. The zero-order valence-electron chi connectivity index (χ0n) is 9.26. The first kappa shape index (κ1) is 13.5. The third-order valence-electron chi connectivity index (χ3n) is 1.80. The van der Waals surface area contributed by atoms with E-state index in [0.29, 0.717) is 25.7 Å². The third kappa shape index (κ3) is 4.51. The van der Waals surface area contributed by atoms with Crippen LogP contribution >= 0.6 is 10.7 Å². The molecule has 1 rings (SSSR count). The van der Waals surface area contributed by atoms with Gasteiger partial charge >= 0.3 is 0 Å². The van der Waals surface area contributed by atoms with Crippen molar-refractivity contribution in [3.8, 4) is 0 Å². The van der Waals surface area contributed by atoms with Crippen LogP contribution in [0.25, 0.3) is 0 Å². The molecule has 0 aromatic carbocycles. The summed E-state index contributed by atoms with van der Waals surface area (Å²) in [5, 5.41) is -0.127. The molecule has 0 aliphatic carbocycles. The van der Waals surface area contributed by atoms with Crippen LogP contribution in [0.4, 0.5) is 0 Å². The van der Waals surface area contributed by atoms with Gasteiger partial charge in [-0.25, -0.2) is 13.4 Å². The van der Waals surface area contributed by atoms with Gasteiger partial charge in [-0.15, -0.1) is 0 Å². The lowest BCUT2D eigenvalue weighted by Gasteiger charge is -2.06. The summed E-state index contributed by atoms with van der Waals surface area (Å²) in [7, 11) is 1.41. The predicted octanol–water partition coefficient (Wildman–Crippen LogP) is 1.48. The molecule has 0 aliphatic rings. The Kier molecular flexibility index (Phi) is 4.76. The van der Waals surface area contributed by atoms with E-state index in [1.54, 1.807) is 4.57 Å². The average molecular weight is 267 g/mol. The van der Waals surface area contributed by atoms with Crippen molar-refractivity contribution >= 4 is 19.7 Å². The Bertz CT molecular complexity index is 428. The Balaban J connectivity index is 2.42. The van der Waals surface area contributed by atoms with Gasteiger partial charge < -0.3 is 9.30 Å². The minimum absolute atomic E-state index is 0.127. The van der Waals surface area contributed by atoms with E-state index in [9.17, 15) is 8.42 Å². The van der Waals surface area contributed by atoms with Gasteiger partial charge in [0.2, 0.25) is 0 Å². The fourth-order valence-electron chi connectivity index (χ4n) is 1.08. The van der Waals surface area contributed by atoms with E-state index in [4.69, 9.17) is 15.4 Å². The van der Waals surface area contributed by atoms with Crippen molar-refractivity contribution in [1.29, 1.82) is 0 Å². The van der Waals surface area contributed by atoms with E-state index in [-0.39, 0.29) is 5.03 Å². The van der Waals surface area contributed by atoms with Crippen LogP contribution in [0.1, 0.15) is 13.8 Å². The molecule has 0 radical (unpaired) electrons. The largest absolute Gasteiger partial charge is 0.379 e. The van der Waals surface area contributed by atoms with E-state index in [1.165, 1.54) is 12.5 Å². The summed E-state index contributed by atoms with van der Waals surface area (Å²) < 4.78 is 28.8. The van der Waals surface area contributed by atoms with E-state index in [0.717, 1.165) is 0 Å². The fraction of sp³-hybridized carbons (Fsp3) is 0.667. The van der Waals surface area contributed by atoms with Crippen LogP contribution in [-0.2, 0) is 20.3 Å². The first-order valence-electron chi connectivity index (χ1n) is 4.94. The molecule has 16 heavy (non-hydrogen) atoms. The maximum Gasteiger partial charge on any atom is 0.280 e. The quantitative estimate of drug-likeness (QED) is 0.578. The lowest BCUT2D eigenvalue weighted by Crippen LogP contribution is -2.08. The van der Waals surface area contributed by atoms with E-state index in [1.807, 2.05) is 0 Å². The SMILES string of the molecule is CC(C)COCCn1cnc(S(=O)(=O)Cl)c1. The molecule has 1 aromatic heterocycles. The minimum Gasteiger partial charge on any atom is -0.379 e. The number of halogens is 1. The van der Waals surface area contributed by atoms with Gasteiger partial charge in [0.15, 0.2) is 5.03 Å². The van der Waals surface area contributed by atoms with Crippen LogP contribution in [0.5, 0.6) is 0 Å². The smallest absolute Gasteiger partial charge is 0.280 e. The van der Waals surface area contributed by atoms with E-state index < -0.39 is 9.05 Å². The number of hydrogen-bond donors (Lipinski definition) is 0. The van der Waals surface area contributed by atoms with Crippen LogP contribution in [0, 0.1) is 5.92 Å². The Labute approximate surface area is 99.8 Å². The molecule has 0 saturated carbocycles. The Morgan fingerprint density at radius 3 is 2.75 bits per heavy atom. The molecule has 0 aliphatic heterocycles. The highest BCUT2D eigenvalue weighted by atomic mass is 35.7. The summed E-state index contributed by atoms with van der Waals surface area (Å²) in [5.41, 5.74) is 0. The van der Waals surface area contributed by atoms with Gasteiger partial charge in [-0.05, 0) is 5.92 Å². The number of rotatable bonds is 6. The highest BCUT2D eigenvalue weighted by Crippen LogP contribution is 2.11. The Morgan fingerprint density at radius 2 is 2.25 bits per heavy atom.